The highest BCUT2D eigenvalue weighted by Gasteiger charge is 2.04. The summed E-state index contributed by atoms with van der Waals surface area (Å²) in [6.07, 6.45) is 0.709. The van der Waals surface area contributed by atoms with Crippen molar-refractivity contribution < 1.29 is 13.9 Å². The molecule has 0 heterocycles. The standard InChI is InChI=1S/C10H11FO2/c1-8-3-2-4-9(7-12)10(8)13-6-5-11/h2-4,7H,5-6H2,1H3. The van der Waals surface area contributed by atoms with Crippen LogP contribution in [0.1, 0.15) is 15.9 Å². The van der Waals surface area contributed by atoms with Gasteiger partial charge in [0.15, 0.2) is 6.29 Å². The number of carbonyl (C=O) groups excluding carboxylic acids is 1. The van der Waals surface area contributed by atoms with Crippen LogP contribution in [0.25, 0.3) is 0 Å². The summed E-state index contributed by atoms with van der Waals surface area (Å²) >= 11 is 0. The number of rotatable bonds is 4. The van der Waals surface area contributed by atoms with Crippen molar-refractivity contribution in [3.8, 4) is 5.75 Å². The highest BCUT2D eigenvalue weighted by Crippen LogP contribution is 2.21. The quantitative estimate of drug-likeness (QED) is 0.667. The predicted molar refractivity (Wildman–Crippen MR) is 48.0 cm³/mol. The SMILES string of the molecule is Cc1cccc(C=O)c1OCCF. The molecule has 0 bridgehead atoms. The van der Waals surface area contributed by atoms with Crippen molar-refractivity contribution in [1.29, 1.82) is 0 Å². The van der Waals surface area contributed by atoms with E-state index in [1.807, 2.05) is 13.0 Å². The molecule has 0 aliphatic carbocycles. The molecule has 1 rings (SSSR count). The largest absolute Gasteiger partial charge is 0.490 e. The lowest BCUT2D eigenvalue weighted by Crippen LogP contribution is -2.02. The molecule has 0 saturated carbocycles. The van der Waals surface area contributed by atoms with E-state index in [4.69, 9.17) is 4.74 Å². The number of hydrogen-bond acceptors (Lipinski definition) is 2. The first-order chi connectivity index (χ1) is 6.29. The van der Waals surface area contributed by atoms with Crippen LogP contribution in [-0.4, -0.2) is 19.6 Å². The first-order valence-electron chi connectivity index (χ1n) is 4.03. The molecule has 3 heteroatoms. The van der Waals surface area contributed by atoms with E-state index >= 15 is 0 Å². The number of ether oxygens (including phenoxy) is 1. The first kappa shape index (κ1) is 9.71. The Labute approximate surface area is 76.3 Å². The maximum atomic E-state index is 11.8. The van der Waals surface area contributed by atoms with Crippen LogP contribution < -0.4 is 4.74 Å². The van der Waals surface area contributed by atoms with Gasteiger partial charge in [-0.2, -0.15) is 0 Å². The zero-order valence-corrected chi connectivity index (χ0v) is 7.42. The number of aldehydes is 1. The van der Waals surface area contributed by atoms with Crippen molar-refractivity contribution >= 4 is 6.29 Å². The second kappa shape index (κ2) is 4.60. The van der Waals surface area contributed by atoms with Gasteiger partial charge in [0.05, 0.1) is 5.56 Å². The molecule has 0 aliphatic heterocycles. The number of para-hydroxylation sites is 1. The molecule has 13 heavy (non-hydrogen) atoms. The molecule has 0 unspecified atom stereocenters. The summed E-state index contributed by atoms with van der Waals surface area (Å²) in [5.74, 6) is 0.482. The zero-order chi connectivity index (χ0) is 9.68. The summed E-state index contributed by atoms with van der Waals surface area (Å²) < 4.78 is 16.9. The molecule has 2 nitrogen and oxygen atoms in total. The van der Waals surface area contributed by atoms with E-state index in [1.54, 1.807) is 12.1 Å². The van der Waals surface area contributed by atoms with Gasteiger partial charge >= 0.3 is 0 Å². The molecule has 0 aromatic heterocycles. The third kappa shape index (κ3) is 2.28. The highest BCUT2D eigenvalue weighted by atomic mass is 19.1. The van der Waals surface area contributed by atoms with Gasteiger partial charge in [-0.05, 0) is 18.6 Å². The number of aryl methyl sites for hydroxylation is 1. The average molecular weight is 182 g/mol. The number of benzene rings is 1. The Balaban J connectivity index is 2.93. The topological polar surface area (TPSA) is 26.3 Å². The first-order valence-corrected chi connectivity index (χ1v) is 4.03. The Morgan fingerprint density at radius 3 is 2.92 bits per heavy atom. The van der Waals surface area contributed by atoms with E-state index in [2.05, 4.69) is 0 Å². The second-order valence-electron chi connectivity index (χ2n) is 2.65. The number of carbonyl (C=O) groups is 1. The Hall–Kier alpha value is -1.38. The second-order valence-corrected chi connectivity index (χ2v) is 2.65. The molecule has 0 spiro atoms. The van der Waals surface area contributed by atoms with E-state index in [-0.39, 0.29) is 6.61 Å². The molecule has 0 fully saturated rings. The van der Waals surface area contributed by atoms with Crippen molar-refractivity contribution in [3.63, 3.8) is 0 Å². The van der Waals surface area contributed by atoms with E-state index in [9.17, 15) is 9.18 Å². The van der Waals surface area contributed by atoms with Crippen LogP contribution >= 0.6 is 0 Å². The van der Waals surface area contributed by atoms with Crippen LogP contribution in [0.4, 0.5) is 4.39 Å². The van der Waals surface area contributed by atoms with E-state index in [1.165, 1.54) is 0 Å². The van der Waals surface area contributed by atoms with Crippen LogP contribution in [-0.2, 0) is 0 Å². The summed E-state index contributed by atoms with van der Waals surface area (Å²) in [7, 11) is 0. The molecule has 1 aromatic carbocycles. The molecule has 1 aromatic rings. The lowest BCUT2D eigenvalue weighted by molar-refractivity contribution is 0.111. The fourth-order valence-corrected chi connectivity index (χ4v) is 1.11. The van der Waals surface area contributed by atoms with Gasteiger partial charge < -0.3 is 4.74 Å². The third-order valence-corrected chi connectivity index (χ3v) is 1.69. The molecule has 0 N–H and O–H groups in total. The minimum Gasteiger partial charge on any atom is -0.490 e. The summed E-state index contributed by atoms with van der Waals surface area (Å²) in [6, 6.07) is 5.23. The minimum absolute atomic E-state index is 0.00824. The van der Waals surface area contributed by atoms with Gasteiger partial charge in [-0.15, -0.1) is 0 Å². The van der Waals surface area contributed by atoms with Gasteiger partial charge in [-0.3, -0.25) is 4.79 Å². The lowest BCUT2D eigenvalue weighted by atomic mass is 10.1. The maximum Gasteiger partial charge on any atom is 0.153 e. The van der Waals surface area contributed by atoms with Crippen molar-refractivity contribution in [2.45, 2.75) is 6.92 Å². The van der Waals surface area contributed by atoms with Gasteiger partial charge in [0.25, 0.3) is 0 Å². The van der Waals surface area contributed by atoms with Crippen LogP contribution in [0.3, 0.4) is 0 Å². The van der Waals surface area contributed by atoms with Crippen LogP contribution in [0, 0.1) is 6.92 Å². The van der Waals surface area contributed by atoms with Gasteiger partial charge in [0.2, 0.25) is 0 Å². The highest BCUT2D eigenvalue weighted by molar-refractivity contribution is 5.80. The fraction of sp³-hybridized carbons (Fsp3) is 0.300. The average Bonchev–Trinajstić information content (AvgIpc) is 2.15. The Bertz CT molecular complexity index is 297. The molecule has 0 radical (unpaired) electrons. The van der Waals surface area contributed by atoms with Crippen molar-refractivity contribution in [2.24, 2.45) is 0 Å². The molecule has 0 aliphatic rings. The lowest BCUT2D eigenvalue weighted by Gasteiger charge is -2.08. The Kier molecular flexibility index (Phi) is 3.43. The summed E-state index contributed by atoms with van der Waals surface area (Å²) in [5, 5.41) is 0. The number of hydrogen-bond donors (Lipinski definition) is 0. The summed E-state index contributed by atoms with van der Waals surface area (Å²) in [5.41, 5.74) is 1.31. The van der Waals surface area contributed by atoms with Crippen molar-refractivity contribution in [1.82, 2.24) is 0 Å². The molecule has 70 valence electrons. The van der Waals surface area contributed by atoms with Gasteiger partial charge in [0, 0.05) is 0 Å². The van der Waals surface area contributed by atoms with Crippen molar-refractivity contribution in [2.75, 3.05) is 13.3 Å². The van der Waals surface area contributed by atoms with Crippen molar-refractivity contribution in [3.05, 3.63) is 29.3 Å². The van der Waals surface area contributed by atoms with Crippen LogP contribution in [0.15, 0.2) is 18.2 Å². The zero-order valence-electron chi connectivity index (χ0n) is 7.42. The van der Waals surface area contributed by atoms with E-state index in [0.717, 1.165) is 5.56 Å². The normalized spacial score (nSPS) is 9.69. The van der Waals surface area contributed by atoms with Crippen LogP contribution in [0.2, 0.25) is 0 Å². The van der Waals surface area contributed by atoms with E-state index < -0.39 is 6.67 Å². The summed E-state index contributed by atoms with van der Waals surface area (Å²) in [4.78, 5) is 10.6. The number of halogens is 1. The third-order valence-electron chi connectivity index (χ3n) is 1.69. The molecule has 0 atom stereocenters. The van der Waals surface area contributed by atoms with Gasteiger partial charge in [0.1, 0.15) is 19.0 Å². The fourth-order valence-electron chi connectivity index (χ4n) is 1.11. The van der Waals surface area contributed by atoms with Crippen LogP contribution in [0.5, 0.6) is 5.75 Å². The molecule has 0 saturated heterocycles. The number of alkyl halides is 1. The summed E-state index contributed by atoms with van der Waals surface area (Å²) in [6.45, 7) is 1.26. The monoisotopic (exact) mass is 182 g/mol. The maximum absolute atomic E-state index is 11.8. The van der Waals surface area contributed by atoms with Gasteiger partial charge in [-0.25, -0.2) is 4.39 Å². The smallest absolute Gasteiger partial charge is 0.153 e. The Morgan fingerprint density at radius 1 is 1.54 bits per heavy atom. The minimum atomic E-state index is -0.549. The molecule has 0 amide bonds. The molecular formula is C10H11FO2. The van der Waals surface area contributed by atoms with E-state index in [0.29, 0.717) is 17.6 Å². The van der Waals surface area contributed by atoms with Gasteiger partial charge in [-0.1, -0.05) is 12.1 Å². The molecular weight excluding hydrogens is 171 g/mol. The predicted octanol–water partition coefficient (Wildman–Crippen LogP) is 2.16. The Morgan fingerprint density at radius 2 is 2.31 bits per heavy atom.